The number of carbonyl (C=O) groups excluding carboxylic acids is 1. The lowest BCUT2D eigenvalue weighted by atomic mass is 10.1. The van der Waals surface area contributed by atoms with Crippen LogP contribution >= 0.6 is 23.1 Å². The van der Waals surface area contributed by atoms with Crippen LogP contribution in [0.2, 0.25) is 0 Å². The number of thioether (sulfide) groups is 1. The van der Waals surface area contributed by atoms with Crippen LogP contribution in [0, 0.1) is 19.7 Å². The van der Waals surface area contributed by atoms with Crippen LogP contribution in [0.1, 0.15) is 16.7 Å². The highest BCUT2D eigenvalue weighted by Gasteiger charge is 2.16. The van der Waals surface area contributed by atoms with Gasteiger partial charge < -0.3 is 5.32 Å². The van der Waals surface area contributed by atoms with Gasteiger partial charge in [-0.15, -0.1) is 11.3 Å². The molecular weight excluding hydrogens is 433 g/mol. The van der Waals surface area contributed by atoms with Crippen molar-refractivity contribution in [3.05, 3.63) is 86.8 Å². The molecule has 4 aromatic rings. The highest BCUT2D eigenvalue weighted by molar-refractivity contribution is 7.99. The second kappa shape index (κ2) is 9.03. The number of fused-ring (bicyclic) bond motifs is 1. The van der Waals surface area contributed by atoms with Crippen LogP contribution in [0.5, 0.6) is 0 Å². The average molecular weight is 454 g/mol. The Balaban J connectivity index is 1.58. The van der Waals surface area contributed by atoms with E-state index < -0.39 is 0 Å². The predicted molar refractivity (Wildman–Crippen MR) is 124 cm³/mol. The fourth-order valence-corrected chi connectivity index (χ4v) is 4.88. The first-order valence-corrected chi connectivity index (χ1v) is 11.5. The molecule has 8 heteroatoms. The maximum absolute atomic E-state index is 13.2. The van der Waals surface area contributed by atoms with E-state index in [1.165, 1.54) is 35.2 Å². The van der Waals surface area contributed by atoms with Gasteiger partial charge in [0.15, 0.2) is 5.16 Å². The lowest BCUT2D eigenvalue weighted by molar-refractivity contribution is -0.118. The van der Waals surface area contributed by atoms with Crippen molar-refractivity contribution in [3.8, 4) is 5.69 Å². The van der Waals surface area contributed by atoms with Gasteiger partial charge in [-0.2, -0.15) is 0 Å². The predicted octanol–water partition coefficient (Wildman–Crippen LogP) is 4.61. The molecule has 5 nitrogen and oxygen atoms in total. The molecule has 0 saturated heterocycles. The minimum Gasteiger partial charge on any atom is -0.351 e. The number of benzene rings is 2. The van der Waals surface area contributed by atoms with Crippen molar-refractivity contribution >= 4 is 39.2 Å². The molecule has 0 aliphatic rings. The zero-order chi connectivity index (χ0) is 22.0. The Bertz CT molecular complexity index is 1290. The number of nitrogens with zero attached hydrogens (tertiary/aromatic N) is 2. The van der Waals surface area contributed by atoms with E-state index in [-0.39, 0.29) is 23.0 Å². The Kier molecular flexibility index (Phi) is 6.20. The van der Waals surface area contributed by atoms with Crippen LogP contribution in [0.25, 0.3) is 15.9 Å². The molecule has 0 unspecified atom stereocenters. The van der Waals surface area contributed by atoms with Crippen molar-refractivity contribution in [3.63, 3.8) is 0 Å². The van der Waals surface area contributed by atoms with Crippen LogP contribution in [-0.2, 0) is 11.3 Å². The van der Waals surface area contributed by atoms with E-state index in [9.17, 15) is 14.0 Å². The van der Waals surface area contributed by atoms with E-state index in [0.717, 1.165) is 22.4 Å². The molecule has 0 spiro atoms. The number of carbonyl (C=O) groups is 1. The smallest absolute Gasteiger partial charge is 0.276 e. The van der Waals surface area contributed by atoms with Crippen molar-refractivity contribution in [2.75, 3.05) is 5.75 Å². The monoisotopic (exact) mass is 453 g/mol. The van der Waals surface area contributed by atoms with Crippen LogP contribution in [0.15, 0.2) is 63.9 Å². The van der Waals surface area contributed by atoms with Gasteiger partial charge in [-0.1, -0.05) is 30.0 Å². The Morgan fingerprint density at radius 2 is 1.84 bits per heavy atom. The Morgan fingerprint density at radius 1 is 1.13 bits per heavy atom. The fourth-order valence-electron chi connectivity index (χ4n) is 3.28. The second-order valence-corrected chi connectivity index (χ2v) is 9.07. The molecule has 0 radical (unpaired) electrons. The Labute approximate surface area is 187 Å². The zero-order valence-corrected chi connectivity index (χ0v) is 18.6. The fraction of sp³-hybridized carbons (Fsp3) is 0.174. The molecule has 31 heavy (non-hydrogen) atoms. The lowest BCUT2D eigenvalue weighted by Gasteiger charge is -2.13. The summed E-state index contributed by atoms with van der Waals surface area (Å²) in [4.78, 5) is 30.2. The molecular formula is C23H20FN3O2S2. The molecule has 0 atom stereocenters. The number of hydrogen-bond acceptors (Lipinski definition) is 5. The van der Waals surface area contributed by atoms with Gasteiger partial charge in [0.05, 0.1) is 17.0 Å². The summed E-state index contributed by atoms with van der Waals surface area (Å²) in [7, 11) is 0. The highest BCUT2D eigenvalue weighted by Crippen LogP contribution is 2.24. The Morgan fingerprint density at radius 3 is 2.55 bits per heavy atom. The number of aromatic nitrogens is 2. The van der Waals surface area contributed by atoms with E-state index in [2.05, 4.69) is 10.3 Å². The van der Waals surface area contributed by atoms with Gasteiger partial charge in [-0.3, -0.25) is 14.2 Å². The van der Waals surface area contributed by atoms with Crippen LogP contribution in [0.3, 0.4) is 0 Å². The third-order valence-electron chi connectivity index (χ3n) is 4.65. The zero-order valence-electron chi connectivity index (χ0n) is 17.0. The minimum atomic E-state index is -0.315. The second-order valence-electron chi connectivity index (χ2n) is 7.21. The van der Waals surface area contributed by atoms with E-state index >= 15 is 0 Å². The van der Waals surface area contributed by atoms with Crippen molar-refractivity contribution in [2.45, 2.75) is 25.5 Å². The van der Waals surface area contributed by atoms with Gasteiger partial charge in [0.25, 0.3) is 5.56 Å². The van der Waals surface area contributed by atoms with Crippen LogP contribution in [0.4, 0.5) is 4.39 Å². The quantitative estimate of drug-likeness (QED) is 0.342. The van der Waals surface area contributed by atoms with Gasteiger partial charge in [0, 0.05) is 6.54 Å². The van der Waals surface area contributed by atoms with Gasteiger partial charge in [-0.05, 0) is 66.2 Å². The Hall–Kier alpha value is -2.97. The van der Waals surface area contributed by atoms with Crippen LogP contribution in [-0.4, -0.2) is 21.2 Å². The molecule has 0 fully saturated rings. The number of rotatable bonds is 6. The van der Waals surface area contributed by atoms with E-state index in [4.69, 9.17) is 0 Å². The van der Waals surface area contributed by atoms with Gasteiger partial charge >= 0.3 is 0 Å². The van der Waals surface area contributed by atoms with Crippen molar-refractivity contribution in [1.82, 2.24) is 14.9 Å². The first-order valence-electron chi connectivity index (χ1n) is 9.63. The van der Waals surface area contributed by atoms with E-state index in [1.54, 1.807) is 16.7 Å². The number of amides is 1. The molecule has 2 aromatic carbocycles. The SMILES string of the molecule is Cc1cc(C)cc(-n2c(SCC(=O)NCc3ccc(F)cc3)nc3ccsc3c2=O)c1. The van der Waals surface area contributed by atoms with Crippen molar-refractivity contribution < 1.29 is 9.18 Å². The number of thiophene rings is 1. The topological polar surface area (TPSA) is 64.0 Å². The molecule has 1 amide bonds. The summed E-state index contributed by atoms with van der Waals surface area (Å²) in [6.45, 7) is 4.27. The largest absolute Gasteiger partial charge is 0.351 e. The van der Waals surface area contributed by atoms with E-state index in [1.807, 2.05) is 43.5 Å². The summed E-state index contributed by atoms with van der Waals surface area (Å²) in [6.07, 6.45) is 0. The van der Waals surface area contributed by atoms with Gasteiger partial charge in [0.1, 0.15) is 10.5 Å². The molecule has 1 N–H and O–H groups in total. The standard InChI is InChI=1S/C23H20FN3O2S2/c1-14-9-15(2)11-18(10-14)27-22(29)21-19(7-8-30-21)26-23(27)31-13-20(28)25-12-16-3-5-17(24)6-4-16/h3-11H,12-13H2,1-2H3,(H,25,28). The molecule has 2 aromatic heterocycles. The molecule has 0 aliphatic heterocycles. The lowest BCUT2D eigenvalue weighted by Crippen LogP contribution is -2.26. The van der Waals surface area contributed by atoms with Crippen molar-refractivity contribution in [1.29, 1.82) is 0 Å². The summed E-state index contributed by atoms with van der Waals surface area (Å²) in [5.41, 5.74) is 4.12. The summed E-state index contributed by atoms with van der Waals surface area (Å²) in [6, 6.07) is 13.7. The molecule has 0 aliphatic carbocycles. The molecule has 0 bridgehead atoms. The number of aryl methyl sites for hydroxylation is 2. The summed E-state index contributed by atoms with van der Waals surface area (Å²) < 4.78 is 15.2. The molecule has 0 saturated carbocycles. The number of nitrogens with one attached hydrogen (secondary N) is 1. The summed E-state index contributed by atoms with van der Waals surface area (Å²) in [5, 5.41) is 5.13. The van der Waals surface area contributed by atoms with E-state index in [0.29, 0.717) is 21.9 Å². The molecule has 158 valence electrons. The summed E-state index contributed by atoms with van der Waals surface area (Å²) in [5.74, 6) is -0.403. The maximum atomic E-state index is 13.2. The van der Waals surface area contributed by atoms with Crippen LogP contribution < -0.4 is 10.9 Å². The number of halogens is 1. The maximum Gasteiger partial charge on any atom is 0.276 e. The highest BCUT2D eigenvalue weighted by atomic mass is 32.2. The average Bonchev–Trinajstić information content (AvgIpc) is 3.20. The number of hydrogen-bond donors (Lipinski definition) is 1. The summed E-state index contributed by atoms with van der Waals surface area (Å²) >= 11 is 2.58. The third kappa shape index (κ3) is 4.86. The molecule has 2 heterocycles. The van der Waals surface area contributed by atoms with Gasteiger partial charge in [0.2, 0.25) is 5.91 Å². The normalized spacial score (nSPS) is 11.1. The first-order chi connectivity index (χ1) is 14.9. The minimum absolute atomic E-state index is 0.105. The third-order valence-corrected chi connectivity index (χ3v) is 6.48. The van der Waals surface area contributed by atoms with Crippen molar-refractivity contribution in [2.24, 2.45) is 0 Å². The first kappa shape index (κ1) is 21.3. The molecule has 4 rings (SSSR count). The van der Waals surface area contributed by atoms with Gasteiger partial charge in [-0.25, -0.2) is 9.37 Å².